The van der Waals surface area contributed by atoms with Crippen LogP contribution in [-0.4, -0.2) is 15.2 Å². The van der Waals surface area contributed by atoms with Gasteiger partial charge in [-0.05, 0) is 25.2 Å². The van der Waals surface area contributed by atoms with Crippen molar-refractivity contribution in [3.05, 3.63) is 16.8 Å². The summed E-state index contributed by atoms with van der Waals surface area (Å²) in [5.74, 6) is 1.46. The van der Waals surface area contributed by atoms with Gasteiger partial charge in [0.15, 0.2) is 0 Å². The van der Waals surface area contributed by atoms with Crippen LogP contribution >= 0.6 is 11.3 Å². The van der Waals surface area contributed by atoms with E-state index < -0.39 is 0 Å². The molecule has 0 aliphatic heterocycles. The predicted octanol–water partition coefficient (Wildman–Crippen LogP) is 3.02. The highest BCUT2D eigenvalue weighted by atomic mass is 32.1. The number of H-pyrrole nitrogens is 1. The minimum Gasteiger partial charge on any atom is -0.383 e. The molecule has 1 unspecified atom stereocenters. The number of fused-ring (bicyclic) bond motifs is 1. The summed E-state index contributed by atoms with van der Waals surface area (Å²) >= 11 is 1.79. The van der Waals surface area contributed by atoms with E-state index in [1.54, 1.807) is 17.5 Å². The van der Waals surface area contributed by atoms with Crippen LogP contribution in [-0.2, 0) is 12.8 Å². The minimum atomic E-state index is 0.617. The quantitative estimate of drug-likeness (QED) is 0.893. The molecule has 2 heterocycles. The van der Waals surface area contributed by atoms with Gasteiger partial charge in [0.25, 0.3) is 0 Å². The van der Waals surface area contributed by atoms with Crippen LogP contribution < -0.4 is 5.73 Å². The summed E-state index contributed by atoms with van der Waals surface area (Å²) in [6, 6.07) is 0. The molecule has 4 nitrogen and oxygen atoms in total. The summed E-state index contributed by atoms with van der Waals surface area (Å²) in [5.41, 5.74) is 8.08. The third kappa shape index (κ3) is 2.03. The van der Waals surface area contributed by atoms with Gasteiger partial charge >= 0.3 is 0 Å². The lowest BCUT2D eigenvalue weighted by molar-refractivity contribution is 0.424. The molecule has 0 amide bonds. The second-order valence-corrected chi connectivity index (χ2v) is 6.07. The molecule has 0 fully saturated rings. The number of aromatic amines is 1. The van der Waals surface area contributed by atoms with Crippen LogP contribution in [0.25, 0.3) is 10.6 Å². The lowest BCUT2D eigenvalue weighted by atomic mass is 9.88. The highest BCUT2D eigenvalue weighted by Crippen LogP contribution is 2.36. The smallest absolute Gasteiger partial charge is 0.129 e. The van der Waals surface area contributed by atoms with Gasteiger partial charge < -0.3 is 5.73 Å². The number of hydrogen-bond donors (Lipinski definition) is 2. The van der Waals surface area contributed by atoms with Crippen molar-refractivity contribution in [3.8, 4) is 10.6 Å². The van der Waals surface area contributed by atoms with E-state index >= 15 is 0 Å². The van der Waals surface area contributed by atoms with Crippen molar-refractivity contribution in [2.45, 2.75) is 39.0 Å². The van der Waals surface area contributed by atoms with E-state index in [1.807, 2.05) is 0 Å². The maximum Gasteiger partial charge on any atom is 0.129 e. The molecule has 0 spiro atoms. The first kappa shape index (κ1) is 11.7. The fraction of sp³-hybridized carbons (Fsp3) is 0.538. The lowest BCUT2D eigenvalue weighted by Gasteiger charge is -2.20. The van der Waals surface area contributed by atoms with Crippen molar-refractivity contribution in [2.24, 2.45) is 5.92 Å². The molecule has 96 valence electrons. The molecule has 5 heteroatoms. The molecule has 1 aliphatic rings. The van der Waals surface area contributed by atoms with Crippen molar-refractivity contribution in [1.82, 2.24) is 15.2 Å². The Kier molecular flexibility index (Phi) is 3.07. The van der Waals surface area contributed by atoms with Crippen molar-refractivity contribution in [3.63, 3.8) is 0 Å². The fourth-order valence-electron chi connectivity index (χ4n) is 2.68. The van der Waals surface area contributed by atoms with Crippen LogP contribution in [0.5, 0.6) is 0 Å². The van der Waals surface area contributed by atoms with E-state index in [-0.39, 0.29) is 0 Å². The summed E-state index contributed by atoms with van der Waals surface area (Å²) in [4.78, 5) is 6.18. The molecule has 0 bridgehead atoms. The molecule has 3 rings (SSSR count). The number of nitrogens with one attached hydrogen (secondary N) is 1. The van der Waals surface area contributed by atoms with E-state index in [0.29, 0.717) is 5.82 Å². The minimum absolute atomic E-state index is 0.617. The van der Waals surface area contributed by atoms with Crippen LogP contribution in [0.4, 0.5) is 5.82 Å². The maximum atomic E-state index is 5.85. The molecule has 0 aromatic carbocycles. The number of aromatic nitrogens is 3. The average Bonchev–Trinajstić information content (AvgIpc) is 2.94. The molecule has 0 saturated carbocycles. The molecule has 0 saturated heterocycles. The van der Waals surface area contributed by atoms with E-state index in [4.69, 9.17) is 10.7 Å². The summed E-state index contributed by atoms with van der Waals surface area (Å²) < 4.78 is 0. The molecule has 2 aromatic heterocycles. The fourth-order valence-corrected chi connectivity index (χ4v) is 3.93. The number of thiazole rings is 1. The maximum absolute atomic E-state index is 5.85. The van der Waals surface area contributed by atoms with Gasteiger partial charge in [-0.15, -0.1) is 11.3 Å². The zero-order valence-electron chi connectivity index (χ0n) is 10.6. The normalized spacial score (nSPS) is 18.8. The Balaban J connectivity index is 1.87. The van der Waals surface area contributed by atoms with Gasteiger partial charge in [0.05, 0.1) is 17.5 Å². The van der Waals surface area contributed by atoms with Gasteiger partial charge in [0.2, 0.25) is 0 Å². The first-order chi connectivity index (χ1) is 8.78. The highest BCUT2D eigenvalue weighted by Gasteiger charge is 2.23. The van der Waals surface area contributed by atoms with Crippen LogP contribution in [0.3, 0.4) is 0 Å². The van der Waals surface area contributed by atoms with Gasteiger partial charge in [-0.25, -0.2) is 4.98 Å². The van der Waals surface area contributed by atoms with E-state index in [2.05, 4.69) is 17.1 Å². The van der Waals surface area contributed by atoms with Gasteiger partial charge in [-0.3, -0.25) is 5.10 Å². The number of nitrogens with zero attached hydrogens (tertiary/aromatic N) is 2. The summed E-state index contributed by atoms with van der Waals surface area (Å²) in [6.07, 6.45) is 7.97. The van der Waals surface area contributed by atoms with Crippen LogP contribution in [0.1, 0.15) is 36.8 Å². The summed E-state index contributed by atoms with van der Waals surface area (Å²) in [7, 11) is 0. The van der Waals surface area contributed by atoms with Crippen molar-refractivity contribution < 1.29 is 0 Å². The molecular weight excluding hydrogens is 244 g/mol. The third-order valence-electron chi connectivity index (χ3n) is 3.64. The Morgan fingerprint density at radius 2 is 2.44 bits per heavy atom. The Hall–Kier alpha value is -1.36. The molecule has 0 radical (unpaired) electrons. The first-order valence-electron chi connectivity index (χ1n) is 6.55. The molecule has 1 aliphatic carbocycles. The molecule has 3 N–H and O–H groups in total. The largest absolute Gasteiger partial charge is 0.383 e. The molecule has 2 aromatic rings. The number of anilines is 1. The number of nitrogen functional groups attached to an aromatic ring is 1. The zero-order chi connectivity index (χ0) is 12.5. The van der Waals surface area contributed by atoms with Crippen molar-refractivity contribution in [2.75, 3.05) is 5.73 Å². The Morgan fingerprint density at radius 1 is 1.56 bits per heavy atom. The number of nitrogens with two attached hydrogens (primary N) is 1. The Morgan fingerprint density at radius 3 is 3.17 bits per heavy atom. The second-order valence-electron chi connectivity index (χ2n) is 4.98. The third-order valence-corrected chi connectivity index (χ3v) is 4.79. The standard InChI is InChI=1S/C13H18N4S/c1-2-3-8-4-5-10-11(6-8)18-13(16-10)9-7-15-17-12(9)14/h7-8H,2-6H2,1H3,(H3,14,15,17). The lowest BCUT2D eigenvalue weighted by Crippen LogP contribution is -2.12. The van der Waals surface area contributed by atoms with E-state index in [1.165, 1.54) is 36.3 Å². The summed E-state index contributed by atoms with van der Waals surface area (Å²) in [6.45, 7) is 2.26. The average molecular weight is 262 g/mol. The monoisotopic (exact) mass is 262 g/mol. The van der Waals surface area contributed by atoms with Gasteiger partial charge in [0, 0.05) is 4.88 Å². The molecule has 18 heavy (non-hydrogen) atoms. The van der Waals surface area contributed by atoms with Crippen molar-refractivity contribution >= 4 is 17.2 Å². The number of hydrogen-bond acceptors (Lipinski definition) is 4. The molecular formula is C13H18N4S. The predicted molar refractivity (Wildman–Crippen MR) is 74.5 cm³/mol. The molecule has 1 atom stereocenters. The SMILES string of the molecule is CCCC1CCc2nc(-c3cn[nH]c3N)sc2C1. The first-order valence-corrected chi connectivity index (χ1v) is 7.37. The van der Waals surface area contributed by atoms with E-state index in [0.717, 1.165) is 22.9 Å². The van der Waals surface area contributed by atoms with Gasteiger partial charge in [-0.2, -0.15) is 5.10 Å². The second kappa shape index (κ2) is 4.72. The van der Waals surface area contributed by atoms with Crippen LogP contribution in [0, 0.1) is 5.92 Å². The highest BCUT2D eigenvalue weighted by molar-refractivity contribution is 7.15. The van der Waals surface area contributed by atoms with E-state index in [9.17, 15) is 0 Å². The van der Waals surface area contributed by atoms with Gasteiger partial charge in [-0.1, -0.05) is 19.8 Å². The van der Waals surface area contributed by atoms with Crippen LogP contribution in [0.15, 0.2) is 6.20 Å². The summed E-state index contributed by atoms with van der Waals surface area (Å²) in [5, 5.41) is 7.75. The zero-order valence-corrected chi connectivity index (χ0v) is 11.4. The Bertz CT molecular complexity index is 543. The van der Waals surface area contributed by atoms with Crippen LogP contribution in [0.2, 0.25) is 0 Å². The van der Waals surface area contributed by atoms with Gasteiger partial charge in [0.1, 0.15) is 10.8 Å². The van der Waals surface area contributed by atoms with Crippen molar-refractivity contribution in [1.29, 1.82) is 0 Å². The topological polar surface area (TPSA) is 67.6 Å². The number of rotatable bonds is 3. The number of aryl methyl sites for hydroxylation is 1. The Labute approximate surface area is 111 Å².